The number of hydrogen-bond acceptors (Lipinski definition) is 14. The van der Waals surface area contributed by atoms with Crippen LogP contribution in [0.3, 0.4) is 0 Å². The van der Waals surface area contributed by atoms with Gasteiger partial charge in [-0.25, -0.2) is 9.59 Å². The number of ether oxygens (including phenoxy) is 5. The third-order valence-corrected chi connectivity index (χ3v) is 16.9. The van der Waals surface area contributed by atoms with E-state index in [-0.39, 0.29) is 12.0 Å². The van der Waals surface area contributed by atoms with Gasteiger partial charge in [-0.2, -0.15) is 0 Å². The van der Waals surface area contributed by atoms with Crippen LogP contribution in [-0.4, -0.2) is 152 Å². The van der Waals surface area contributed by atoms with Gasteiger partial charge in [0.05, 0.1) is 50.1 Å². The SMILES string of the molecule is CC[C@]1(O)C[C@H]2CN(CCC3=C(Cc4ccc(C(=O)OC)cc43)[C@@](C(=O)OC)(C3C=C4C(=CC3OC)N(C)[C@H]3[C@@](O)(C(=O)OC)[C@H](OC(C)=O)[C@]5(CC)C=CCN6CC[C@]43[C@@H]65)C2)C1. The lowest BCUT2D eigenvalue weighted by Gasteiger charge is -2.63. The minimum absolute atomic E-state index is 0.107. The van der Waals surface area contributed by atoms with E-state index < -0.39 is 75.5 Å². The number of methoxy groups -OCH3 is 4. The zero-order valence-electron chi connectivity index (χ0n) is 37.9. The van der Waals surface area contributed by atoms with Crippen LogP contribution in [0.2, 0.25) is 0 Å². The number of carbonyl (C=O) groups is 4. The Kier molecular flexibility index (Phi) is 10.7. The van der Waals surface area contributed by atoms with Crippen molar-refractivity contribution in [3.05, 3.63) is 76.0 Å². The summed E-state index contributed by atoms with van der Waals surface area (Å²) in [5.41, 5.74) is -0.622. The molecule has 0 radical (unpaired) electrons. The summed E-state index contributed by atoms with van der Waals surface area (Å²) in [7, 11) is 7.56. The third-order valence-electron chi connectivity index (χ3n) is 16.9. The molecule has 3 aliphatic carbocycles. The second-order valence-electron chi connectivity index (χ2n) is 19.5. The number of carbonyl (C=O) groups excluding carboxylic acids is 4. The van der Waals surface area contributed by atoms with Crippen molar-refractivity contribution in [2.45, 2.75) is 101 Å². The number of fused-ring (bicyclic) bond motifs is 5. The van der Waals surface area contributed by atoms with Crippen molar-refractivity contribution < 1.29 is 53.1 Å². The van der Waals surface area contributed by atoms with E-state index >= 15 is 4.79 Å². The number of rotatable bonds is 8. The van der Waals surface area contributed by atoms with Gasteiger partial charge in [0.2, 0.25) is 5.60 Å². The molecule has 1 spiro atoms. The molecule has 1 saturated carbocycles. The summed E-state index contributed by atoms with van der Waals surface area (Å²) in [4.78, 5) is 62.7. The summed E-state index contributed by atoms with van der Waals surface area (Å²) in [6, 6.07) is 4.38. The van der Waals surface area contributed by atoms with Gasteiger partial charge in [0.25, 0.3) is 0 Å². The molecule has 340 valence electrons. The Labute approximate surface area is 369 Å². The van der Waals surface area contributed by atoms with Crippen LogP contribution < -0.4 is 0 Å². The lowest BCUT2D eigenvalue weighted by Crippen LogP contribution is -2.79. The molecular formula is C49H63N3O11. The molecule has 0 amide bonds. The summed E-state index contributed by atoms with van der Waals surface area (Å²) < 4.78 is 29.4. The largest absolute Gasteiger partial charge is 0.468 e. The van der Waals surface area contributed by atoms with Crippen molar-refractivity contribution in [1.82, 2.24) is 14.7 Å². The van der Waals surface area contributed by atoms with Crippen LogP contribution in [0.5, 0.6) is 0 Å². The Hall–Kier alpha value is -4.34. The number of likely N-dealkylation sites (N-methyl/N-ethyl adjacent to an activating group) is 1. The van der Waals surface area contributed by atoms with Crippen LogP contribution in [0.15, 0.2) is 59.3 Å². The average molecular weight is 870 g/mol. The zero-order valence-corrected chi connectivity index (χ0v) is 37.9. The molecule has 2 bridgehead atoms. The summed E-state index contributed by atoms with van der Waals surface area (Å²) in [5.74, 6) is -3.11. The summed E-state index contributed by atoms with van der Waals surface area (Å²) in [6.07, 6.45) is 9.84. The van der Waals surface area contributed by atoms with Gasteiger partial charge in [-0.3, -0.25) is 19.4 Å². The van der Waals surface area contributed by atoms with Crippen LogP contribution >= 0.6 is 0 Å². The highest BCUT2D eigenvalue weighted by atomic mass is 16.6. The molecule has 2 N–H and O–H groups in total. The minimum atomic E-state index is -2.31. The van der Waals surface area contributed by atoms with Crippen LogP contribution in [0.1, 0.15) is 80.8 Å². The number of allylic oxidation sites excluding steroid dienone is 1. The maximum absolute atomic E-state index is 15.5. The Morgan fingerprint density at radius 1 is 0.921 bits per heavy atom. The zero-order chi connectivity index (χ0) is 45.0. The number of likely N-dealkylation sites (tertiary alicyclic amines) is 1. The van der Waals surface area contributed by atoms with Gasteiger partial charge in [-0.1, -0.05) is 38.1 Å². The fourth-order valence-electron chi connectivity index (χ4n) is 14.6. The van der Waals surface area contributed by atoms with E-state index in [2.05, 4.69) is 15.9 Å². The van der Waals surface area contributed by atoms with Gasteiger partial charge in [-0.15, -0.1) is 0 Å². The van der Waals surface area contributed by atoms with Crippen LogP contribution in [0.25, 0.3) is 5.57 Å². The molecule has 1 aromatic carbocycles. The number of nitrogens with zero attached hydrogens (tertiary/aromatic N) is 3. The second-order valence-corrected chi connectivity index (χ2v) is 19.5. The molecule has 1 aromatic rings. The lowest BCUT2D eigenvalue weighted by atomic mass is 9.47. The van der Waals surface area contributed by atoms with Crippen molar-refractivity contribution in [1.29, 1.82) is 0 Å². The van der Waals surface area contributed by atoms with Gasteiger partial charge in [-0.05, 0) is 103 Å². The maximum Gasteiger partial charge on any atom is 0.344 e. The van der Waals surface area contributed by atoms with Crippen LogP contribution in [0.4, 0.5) is 0 Å². The van der Waals surface area contributed by atoms with Crippen molar-refractivity contribution in [3.63, 3.8) is 0 Å². The first-order valence-corrected chi connectivity index (χ1v) is 22.6. The molecule has 14 heteroatoms. The average Bonchev–Trinajstić information content (AvgIpc) is 3.94. The van der Waals surface area contributed by atoms with E-state index in [1.54, 1.807) is 13.2 Å². The Morgan fingerprint density at radius 3 is 2.35 bits per heavy atom. The molecule has 9 rings (SSSR count). The highest BCUT2D eigenvalue weighted by Gasteiger charge is 2.81. The van der Waals surface area contributed by atoms with E-state index in [1.807, 2.05) is 56.2 Å². The summed E-state index contributed by atoms with van der Waals surface area (Å²) in [5, 5.41) is 25.5. The van der Waals surface area contributed by atoms with E-state index in [4.69, 9.17) is 23.7 Å². The highest BCUT2D eigenvalue weighted by molar-refractivity contribution is 5.94. The minimum Gasteiger partial charge on any atom is -0.468 e. The Bertz CT molecular complexity index is 2250. The third kappa shape index (κ3) is 5.92. The monoisotopic (exact) mass is 869 g/mol. The Balaban J connectivity index is 1.32. The van der Waals surface area contributed by atoms with Crippen molar-refractivity contribution in [2.24, 2.45) is 28.1 Å². The molecule has 8 aliphatic rings. The van der Waals surface area contributed by atoms with Gasteiger partial charge >= 0.3 is 23.9 Å². The van der Waals surface area contributed by atoms with Crippen molar-refractivity contribution in [2.75, 3.05) is 68.2 Å². The van der Waals surface area contributed by atoms with Crippen molar-refractivity contribution >= 4 is 29.5 Å². The molecular weight excluding hydrogens is 807 g/mol. The number of hydrogen-bond donors (Lipinski definition) is 2. The summed E-state index contributed by atoms with van der Waals surface area (Å²) >= 11 is 0. The fourth-order valence-corrected chi connectivity index (χ4v) is 14.6. The number of piperidine rings is 1. The molecule has 14 nitrogen and oxygen atoms in total. The predicted molar refractivity (Wildman–Crippen MR) is 231 cm³/mol. The van der Waals surface area contributed by atoms with Crippen LogP contribution in [-0.2, 0) is 44.5 Å². The Morgan fingerprint density at radius 2 is 1.68 bits per heavy atom. The maximum atomic E-state index is 15.5. The van der Waals surface area contributed by atoms with Crippen molar-refractivity contribution in [3.8, 4) is 0 Å². The molecule has 12 atom stereocenters. The summed E-state index contributed by atoms with van der Waals surface area (Å²) in [6.45, 7) is 8.45. The van der Waals surface area contributed by atoms with Gasteiger partial charge < -0.3 is 38.8 Å². The predicted octanol–water partition coefficient (Wildman–Crippen LogP) is 3.84. The van der Waals surface area contributed by atoms with Gasteiger partial charge in [0, 0.05) is 75.7 Å². The first kappa shape index (κ1) is 43.9. The van der Waals surface area contributed by atoms with Gasteiger partial charge in [0.1, 0.15) is 0 Å². The molecule has 3 unspecified atom stereocenters. The van der Waals surface area contributed by atoms with E-state index in [0.29, 0.717) is 83.2 Å². The lowest BCUT2D eigenvalue weighted by molar-refractivity contribution is -0.243. The number of esters is 4. The molecule has 5 aliphatic heterocycles. The van der Waals surface area contributed by atoms with E-state index in [9.17, 15) is 24.6 Å². The smallest absolute Gasteiger partial charge is 0.344 e. The second kappa shape index (κ2) is 15.4. The molecule has 0 aromatic heterocycles. The molecule has 63 heavy (non-hydrogen) atoms. The number of benzene rings is 1. The number of aliphatic hydroxyl groups is 2. The van der Waals surface area contributed by atoms with E-state index in [0.717, 1.165) is 33.5 Å². The first-order valence-electron chi connectivity index (χ1n) is 22.6. The quantitative estimate of drug-likeness (QED) is 0.220. The van der Waals surface area contributed by atoms with Gasteiger partial charge in [0.15, 0.2) is 6.10 Å². The topological polar surface area (TPSA) is 165 Å². The van der Waals surface area contributed by atoms with Crippen LogP contribution in [0, 0.1) is 28.1 Å². The highest BCUT2D eigenvalue weighted by Crippen LogP contribution is 2.71. The van der Waals surface area contributed by atoms with E-state index in [1.165, 1.54) is 28.3 Å². The molecule has 4 fully saturated rings. The molecule has 5 heterocycles. The standard InChI is InChI=1S/C49H63N3O11/c1-9-45(57)24-29-25-48(43(55)61-7,34-21-30-12-13-31(39(54)60-6)20-33(30)32(34)14-18-51(26-29)27-45)36-22-35-37(23-38(36)59-5)50(4)41-47(35)16-19-52-17-11-15-46(10-2,40(47)52)42(63-28(3)53)49(41,58)44(56)62-8/h11-13,15,20,22-23,29,36,38,40-42,57-58H,9-10,14,16-19,21,24-27H2,1-8H3/t29-,36?,38?,40+,41-,42-,45+,46-,47-,48-,49+/m1/s1. The normalized spacial score (nSPS) is 39.8. The fraction of sp³-hybridized carbons (Fsp3) is 0.633. The molecule has 3 saturated heterocycles. The first-order chi connectivity index (χ1) is 30.1.